The first-order chi connectivity index (χ1) is 10.2. The molecule has 0 aliphatic carbocycles. The maximum absolute atomic E-state index is 13.4. The highest BCUT2D eigenvalue weighted by molar-refractivity contribution is 5.95. The average Bonchev–Trinajstić information content (AvgIpc) is 2.48. The van der Waals surface area contributed by atoms with E-state index in [9.17, 15) is 9.18 Å². The van der Waals surface area contributed by atoms with Gasteiger partial charge in [0.25, 0.3) is 5.91 Å². The molecular weight excluding hydrogens is 271 g/mol. The van der Waals surface area contributed by atoms with Gasteiger partial charge in [-0.05, 0) is 42.4 Å². The molecule has 1 heterocycles. The molecule has 108 valence electrons. The molecule has 2 aromatic carbocycles. The van der Waals surface area contributed by atoms with E-state index >= 15 is 0 Å². The number of amides is 1. The molecule has 4 nitrogen and oxygen atoms in total. The van der Waals surface area contributed by atoms with Gasteiger partial charge < -0.3 is 15.4 Å². The van der Waals surface area contributed by atoms with Gasteiger partial charge in [-0.25, -0.2) is 4.39 Å². The topological polar surface area (TPSA) is 50.4 Å². The minimum atomic E-state index is -0.276. The summed E-state index contributed by atoms with van der Waals surface area (Å²) in [7, 11) is 1.81. The lowest BCUT2D eigenvalue weighted by Crippen LogP contribution is -2.26. The third-order valence-electron chi connectivity index (χ3n) is 3.44. The first-order valence-electron chi connectivity index (χ1n) is 6.66. The van der Waals surface area contributed by atoms with Crippen molar-refractivity contribution in [2.24, 2.45) is 0 Å². The van der Waals surface area contributed by atoms with Gasteiger partial charge in [0.05, 0.1) is 11.7 Å². The molecule has 2 N–H and O–H groups in total. The summed E-state index contributed by atoms with van der Waals surface area (Å²) >= 11 is 0. The summed E-state index contributed by atoms with van der Waals surface area (Å²) in [5.41, 5.74) is 2.38. The molecule has 0 bridgehead atoms. The number of halogens is 1. The molecule has 1 aliphatic rings. The summed E-state index contributed by atoms with van der Waals surface area (Å²) in [5, 5.41) is 5.94. The Morgan fingerprint density at radius 2 is 2.05 bits per heavy atom. The minimum absolute atomic E-state index is 0.0334. The number of benzene rings is 2. The molecule has 1 aliphatic heterocycles. The van der Waals surface area contributed by atoms with Crippen LogP contribution in [-0.4, -0.2) is 19.6 Å². The standard InChI is InChI=1S/C16H15FN2O2/c1-18-16(10-3-2-4-12(17)7-10)11-5-6-14-13(8-11)19-15(20)9-21-14/h2-8,16,18H,9H2,1H3,(H,19,20). The van der Waals surface area contributed by atoms with E-state index in [-0.39, 0.29) is 24.4 Å². The van der Waals surface area contributed by atoms with Crippen LogP contribution >= 0.6 is 0 Å². The summed E-state index contributed by atoms with van der Waals surface area (Å²) in [5.74, 6) is 0.196. The lowest BCUT2D eigenvalue weighted by molar-refractivity contribution is -0.118. The number of ether oxygens (including phenoxy) is 1. The number of hydrogen-bond acceptors (Lipinski definition) is 3. The third kappa shape index (κ3) is 2.73. The summed E-state index contributed by atoms with van der Waals surface area (Å²) in [4.78, 5) is 11.4. The Morgan fingerprint density at radius 1 is 1.24 bits per heavy atom. The molecule has 0 saturated carbocycles. The van der Waals surface area contributed by atoms with Crippen LogP contribution in [-0.2, 0) is 4.79 Å². The van der Waals surface area contributed by atoms with Gasteiger partial charge in [0, 0.05) is 0 Å². The zero-order valence-corrected chi connectivity index (χ0v) is 11.5. The fourth-order valence-electron chi connectivity index (χ4n) is 2.49. The number of hydrogen-bond donors (Lipinski definition) is 2. The van der Waals surface area contributed by atoms with Crippen LogP contribution in [0.15, 0.2) is 42.5 Å². The fourth-order valence-corrected chi connectivity index (χ4v) is 2.49. The molecule has 1 amide bonds. The molecule has 0 saturated heterocycles. The second kappa shape index (κ2) is 5.54. The van der Waals surface area contributed by atoms with E-state index in [1.54, 1.807) is 6.07 Å². The lowest BCUT2D eigenvalue weighted by Gasteiger charge is -2.22. The molecule has 0 radical (unpaired) electrons. The van der Waals surface area contributed by atoms with Gasteiger partial charge in [0.1, 0.15) is 11.6 Å². The van der Waals surface area contributed by atoms with Crippen molar-refractivity contribution in [3.63, 3.8) is 0 Å². The summed E-state index contributed by atoms with van der Waals surface area (Å²) < 4.78 is 18.7. The zero-order valence-electron chi connectivity index (χ0n) is 11.5. The van der Waals surface area contributed by atoms with Crippen molar-refractivity contribution in [2.75, 3.05) is 19.0 Å². The first-order valence-corrected chi connectivity index (χ1v) is 6.66. The highest BCUT2D eigenvalue weighted by atomic mass is 19.1. The van der Waals surface area contributed by atoms with Crippen LogP contribution in [0.1, 0.15) is 17.2 Å². The van der Waals surface area contributed by atoms with Crippen molar-refractivity contribution in [3.8, 4) is 5.75 Å². The van der Waals surface area contributed by atoms with Crippen LogP contribution in [0.3, 0.4) is 0 Å². The molecule has 0 spiro atoms. The fraction of sp³-hybridized carbons (Fsp3) is 0.188. The Balaban J connectivity index is 1.98. The molecule has 0 aromatic heterocycles. The molecule has 5 heteroatoms. The van der Waals surface area contributed by atoms with Gasteiger partial charge in [0.2, 0.25) is 0 Å². The number of rotatable bonds is 3. The number of carbonyl (C=O) groups excluding carboxylic acids is 1. The van der Waals surface area contributed by atoms with Gasteiger partial charge >= 0.3 is 0 Å². The van der Waals surface area contributed by atoms with Crippen molar-refractivity contribution in [1.29, 1.82) is 0 Å². The van der Waals surface area contributed by atoms with Crippen molar-refractivity contribution < 1.29 is 13.9 Å². The van der Waals surface area contributed by atoms with Gasteiger partial charge in [0.15, 0.2) is 6.61 Å². The predicted molar refractivity (Wildman–Crippen MR) is 77.9 cm³/mol. The smallest absolute Gasteiger partial charge is 0.262 e. The van der Waals surface area contributed by atoms with E-state index in [1.165, 1.54) is 12.1 Å². The maximum Gasteiger partial charge on any atom is 0.262 e. The number of fused-ring (bicyclic) bond motifs is 1. The SMILES string of the molecule is CNC(c1cccc(F)c1)c1ccc2c(c1)NC(=O)CO2. The van der Waals surface area contributed by atoms with Gasteiger partial charge in [-0.15, -0.1) is 0 Å². The van der Waals surface area contributed by atoms with Crippen molar-refractivity contribution in [1.82, 2.24) is 5.32 Å². The first kappa shape index (κ1) is 13.6. The largest absolute Gasteiger partial charge is 0.482 e. The Bertz CT molecular complexity index is 688. The van der Waals surface area contributed by atoms with Gasteiger partial charge in [-0.1, -0.05) is 18.2 Å². The van der Waals surface area contributed by atoms with E-state index < -0.39 is 0 Å². The molecule has 1 unspecified atom stereocenters. The van der Waals surface area contributed by atoms with Crippen LogP contribution < -0.4 is 15.4 Å². The number of anilines is 1. The van der Waals surface area contributed by atoms with E-state index in [0.717, 1.165) is 11.1 Å². The Labute approximate surface area is 121 Å². The Kier molecular flexibility index (Phi) is 3.58. The maximum atomic E-state index is 13.4. The highest BCUT2D eigenvalue weighted by Gasteiger charge is 2.19. The average molecular weight is 286 g/mol. The summed E-state index contributed by atoms with van der Waals surface area (Å²) in [6.45, 7) is 0.0334. The normalized spacial score (nSPS) is 14.9. The number of nitrogens with one attached hydrogen (secondary N) is 2. The second-order valence-corrected chi connectivity index (χ2v) is 4.87. The van der Waals surface area contributed by atoms with Crippen LogP contribution in [0.4, 0.5) is 10.1 Å². The van der Waals surface area contributed by atoms with E-state index in [0.29, 0.717) is 11.4 Å². The van der Waals surface area contributed by atoms with Crippen molar-refractivity contribution in [2.45, 2.75) is 6.04 Å². The number of carbonyl (C=O) groups is 1. The van der Waals surface area contributed by atoms with Crippen molar-refractivity contribution in [3.05, 3.63) is 59.4 Å². The lowest BCUT2D eigenvalue weighted by atomic mass is 9.98. The Morgan fingerprint density at radius 3 is 2.81 bits per heavy atom. The summed E-state index contributed by atoms with van der Waals surface area (Å²) in [6.07, 6.45) is 0. The van der Waals surface area contributed by atoms with Crippen molar-refractivity contribution >= 4 is 11.6 Å². The van der Waals surface area contributed by atoms with Gasteiger partial charge in [-0.3, -0.25) is 4.79 Å². The van der Waals surface area contributed by atoms with Crippen LogP contribution in [0.25, 0.3) is 0 Å². The van der Waals surface area contributed by atoms with E-state index in [4.69, 9.17) is 4.74 Å². The molecule has 21 heavy (non-hydrogen) atoms. The van der Waals surface area contributed by atoms with Crippen LogP contribution in [0, 0.1) is 5.82 Å². The second-order valence-electron chi connectivity index (χ2n) is 4.87. The van der Waals surface area contributed by atoms with Crippen LogP contribution in [0.5, 0.6) is 5.75 Å². The van der Waals surface area contributed by atoms with E-state index in [1.807, 2.05) is 31.3 Å². The zero-order chi connectivity index (χ0) is 14.8. The molecular formula is C16H15FN2O2. The van der Waals surface area contributed by atoms with Crippen LogP contribution in [0.2, 0.25) is 0 Å². The predicted octanol–water partition coefficient (Wildman–Crippen LogP) is 2.47. The molecule has 1 atom stereocenters. The third-order valence-corrected chi connectivity index (χ3v) is 3.44. The molecule has 2 aromatic rings. The molecule has 0 fully saturated rings. The quantitative estimate of drug-likeness (QED) is 0.911. The monoisotopic (exact) mass is 286 g/mol. The minimum Gasteiger partial charge on any atom is -0.482 e. The van der Waals surface area contributed by atoms with E-state index in [2.05, 4.69) is 10.6 Å². The summed E-state index contributed by atoms with van der Waals surface area (Å²) in [6, 6.07) is 11.9. The highest BCUT2D eigenvalue weighted by Crippen LogP contribution is 2.32. The molecule has 3 rings (SSSR count). The van der Waals surface area contributed by atoms with Gasteiger partial charge in [-0.2, -0.15) is 0 Å². The Hall–Kier alpha value is -2.40.